The molecular formula is C18H28N4O4. The number of carbonyl (C=O) groups is 2. The number of likely N-dealkylation sites (N-methyl/N-ethyl adjacent to an activating group) is 1. The van der Waals surface area contributed by atoms with Gasteiger partial charge in [0.05, 0.1) is 7.11 Å². The van der Waals surface area contributed by atoms with Crippen LogP contribution in [0.1, 0.15) is 16.8 Å². The lowest BCUT2D eigenvalue weighted by atomic mass is 10.2. The maximum absolute atomic E-state index is 12.3. The SMILES string of the molecule is CNC(=O)COc1ccc(C(=O)NCCCN2CCNCC2)cc1OC. The number of benzene rings is 1. The maximum Gasteiger partial charge on any atom is 0.257 e. The number of nitrogens with zero attached hydrogens (tertiary/aromatic N) is 1. The van der Waals surface area contributed by atoms with Gasteiger partial charge in [0, 0.05) is 45.3 Å². The lowest BCUT2D eigenvalue weighted by Crippen LogP contribution is -2.44. The lowest BCUT2D eigenvalue weighted by Gasteiger charge is -2.27. The minimum absolute atomic E-state index is 0.107. The van der Waals surface area contributed by atoms with Gasteiger partial charge in [-0.3, -0.25) is 9.59 Å². The van der Waals surface area contributed by atoms with Crippen LogP contribution in [0.3, 0.4) is 0 Å². The first-order valence-electron chi connectivity index (χ1n) is 8.86. The van der Waals surface area contributed by atoms with Crippen LogP contribution in [0.2, 0.25) is 0 Å². The first-order valence-corrected chi connectivity index (χ1v) is 8.86. The highest BCUT2D eigenvalue weighted by Gasteiger charge is 2.13. The zero-order valence-corrected chi connectivity index (χ0v) is 15.5. The number of methoxy groups -OCH3 is 1. The highest BCUT2D eigenvalue weighted by Crippen LogP contribution is 2.28. The molecule has 0 unspecified atom stereocenters. The average molecular weight is 364 g/mol. The standard InChI is InChI=1S/C18H28N4O4/c1-19-17(23)13-26-15-5-4-14(12-16(15)25-2)18(24)21-6-3-9-22-10-7-20-8-11-22/h4-5,12,20H,3,6-11,13H2,1-2H3,(H,19,23)(H,21,24). The van der Waals surface area contributed by atoms with E-state index in [0.29, 0.717) is 23.6 Å². The van der Waals surface area contributed by atoms with Gasteiger partial charge in [-0.2, -0.15) is 0 Å². The number of amides is 2. The number of nitrogens with one attached hydrogen (secondary N) is 3. The van der Waals surface area contributed by atoms with Crippen molar-refractivity contribution in [2.24, 2.45) is 0 Å². The van der Waals surface area contributed by atoms with Crippen LogP contribution in [-0.2, 0) is 4.79 Å². The summed E-state index contributed by atoms with van der Waals surface area (Å²) in [7, 11) is 3.04. The maximum atomic E-state index is 12.3. The van der Waals surface area contributed by atoms with E-state index in [1.165, 1.54) is 7.11 Å². The quantitative estimate of drug-likeness (QED) is 0.528. The van der Waals surface area contributed by atoms with E-state index in [1.807, 2.05) is 0 Å². The van der Waals surface area contributed by atoms with Crippen LogP contribution in [0.5, 0.6) is 11.5 Å². The summed E-state index contributed by atoms with van der Waals surface area (Å²) >= 11 is 0. The molecule has 1 saturated heterocycles. The molecule has 0 aromatic heterocycles. The number of rotatable bonds is 9. The van der Waals surface area contributed by atoms with E-state index in [9.17, 15) is 9.59 Å². The van der Waals surface area contributed by atoms with Crippen LogP contribution >= 0.6 is 0 Å². The smallest absolute Gasteiger partial charge is 0.257 e. The van der Waals surface area contributed by atoms with Gasteiger partial charge in [0.25, 0.3) is 11.8 Å². The summed E-state index contributed by atoms with van der Waals surface area (Å²) in [5.74, 6) is 0.452. The van der Waals surface area contributed by atoms with Gasteiger partial charge in [0.15, 0.2) is 18.1 Å². The second kappa shape index (κ2) is 10.6. The molecule has 1 aliphatic rings. The van der Waals surface area contributed by atoms with Gasteiger partial charge < -0.3 is 30.3 Å². The van der Waals surface area contributed by atoms with Crippen molar-refractivity contribution in [2.45, 2.75) is 6.42 Å². The summed E-state index contributed by atoms with van der Waals surface area (Å²) in [4.78, 5) is 26.0. The zero-order chi connectivity index (χ0) is 18.8. The zero-order valence-electron chi connectivity index (χ0n) is 15.5. The summed E-state index contributed by atoms with van der Waals surface area (Å²) in [6.07, 6.45) is 0.913. The van der Waals surface area contributed by atoms with E-state index < -0.39 is 0 Å². The van der Waals surface area contributed by atoms with E-state index in [0.717, 1.165) is 39.1 Å². The van der Waals surface area contributed by atoms with Crippen molar-refractivity contribution in [3.05, 3.63) is 23.8 Å². The molecule has 3 N–H and O–H groups in total. The normalized spacial score (nSPS) is 14.5. The van der Waals surface area contributed by atoms with Crippen molar-refractivity contribution in [3.63, 3.8) is 0 Å². The molecule has 0 saturated carbocycles. The van der Waals surface area contributed by atoms with Crippen molar-refractivity contribution in [1.82, 2.24) is 20.9 Å². The second-order valence-electron chi connectivity index (χ2n) is 6.03. The monoisotopic (exact) mass is 364 g/mol. The fourth-order valence-corrected chi connectivity index (χ4v) is 2.68. The molecule has 1 fully saturated rings. The third-order valence-electron chi connectivity index (χ3n) is 4.21. The summed E-state index contributed by atoms with van der Waals surface area (Å²) < 4.78 is 10.7. The van der Waals surface area contributed by atoms with Gasteiger partial charge in [0.1, 0.15) is 0 Å². The Morgan fingerprint density at radius 3 is 2.69 bits per heavy atom. The van der Waals surface area contributed by atoms with Crippen LogP contribution in [0.4, 0.5) is 0 Å². The molecule has 2 rings (SSSR count). The molecule has 26 heavy (non-hydrogen) atoms. The average Bonchev–Trinajstić information content (AvgIpc) is 2.69. The van der Waals surface area contributed by atoms with E-state index in [1.54, 1.807) is 25.2 Å². The van der Waals surface area contributed by atoms with Crippen molar-refractivity contribution in [1.29, 1.82) is 0 Å². The molecule has 1 aromatic rings. The summed E-state index contributed by atoms with van der Waals surface area (Å²) in [5, 5.41) is 8.73. The van der Waals surface area contributed by atoms with E-state index in [2.05, 4.69) is 20.9 Å². The second-order valence-corrected chi connectivity index (χ2v) is 6.03. The Morgan fingerprint density at radius 2 is 2.00 bits per heavy atom. The topological polar surface area (TPSA) is 91.9 Å². The van der Waals surface area contributed by atoms with Gasteiger partial charge in [-0.25, -0.2) is 0 Å². The lowest BCUT2D eigenvalue weighted by molar-refractivity contribution is -0.122. The van der Waals surface area contributed by atoms with Crippen LogP contribution in [0.25, 0.3) is 0 Å². The first kappa shape index (κ1) is 20.0. The van der Waals surface area contributed by atoms with Gasteiger partial charge in [-0.05, 0) is 31.2 Å². The number of ether oxygens (including phenoxy) is 2. The van der Waals surface area contributed by atoms with Crippen molar-refractivity contribution >= 4 is 11.8 Å². The molecule has 1 aromatic carbocycles. The molecular weight excluding hydrogens is 336 g/mol. The fraction of sp³-hybridized carbons (Fsp3) is 0.556. The number of hydrogen-bond acceptors (Lipinski definition) is 6. The molecule has 1 heterocycles. The molecule has 0 aliphatic carbocycles. The molecule has 2 amide bonds. The summed E-state index contributed by atoms with van der Waals surface area (Å²) in [6, 6.07) is 4.91. The van der Waals surface area contributed by atoms with E-state index in [-0.39, 0.29) is 18.4 Å². The van der Waals surface area contributed by atoms with E-state index in [4.69, 9.17) is 9.47 Å². The van der Waals surface area contributed by atoms with Gasteiger partial charge in [-0.1, -0.05) is 0 Å². The molecule has 0 atom stereocenters. The Hall–Kier alpha value is -2.32. The van der Waals surface area contributed by atoms with Crippen LogP contribution in [0.15, 0.2) is 18.2 Å². The Labute approximate surface area is 154 Å². The summed E-state index contributed by atoms with van der Waals surface area (Å²) in [6.45, 7) is 5.67. The highest BCUT2D eigenvalue weighted by molar-refractivity contribution is 5.94. The predicted octanol–water partition coefficient (Wildman–Crippen LogP) is -0.155. The molecule has 144 valence electrons. The fourth-order valence-electron chi connectivity index (χ4n) is 2.68. The third-order valence-corrected chi connectivity index (χ3v) is 4.21. The van der Waals surface area contributed by atoms with Gasteiger partial charge in [-0.15, -0.1) is 0 Å². The molecule has 0 radical (unpaired) electrons. The third kappa shape index (κ3) is 6.20. The van der Waals surface area contributed by atoms with Crippen molar-refractivity contribution in [3.8, 4) is 11.5 Å². The predicted molar refractivity (Wildman–Crippen MR) is 98.8 cm³/mol. The van der Waals surface area contributed by atoms with Crippen molar-refractivity contribution < 1.29 is 19.1 Å². The number of piperazine rings is 1. The van der Waals surface area contributed by atoms with Gasteiger partial charge >= 0.3 is 0 Å². The molecule has 0 bridgehead atoms. The Morgan fingerprint density at radius 1 is 1.23 bits per heavy atom. The number of hydrogen-bond donors (Lipinski definition) is 3. The largest absolute Gasteiger partial charge is 0.493 e. The Kier molecular flexibility index (Phi) is 8.17. The molecule has 8 heteroatoms. The molecule has 8 nitrogen and oxygen atoms in total. The minimum atomic E-state index is -0.238. The first-order chi connectivity index (χ1) is 12.6. The van der Waals surface area contributed by atoms with Crippen LogP contribution in [0, 0.1) is 0 Å². The Balaban J connectivity index is 1.81. The molecule has 0 spiro atoms. The minimum Gasteiger partial charge on any atom is -0.493 e. The Bertz CT molecular complexity index is 603. The number of carbonyl (C=O) groups excluding carboxylic acids is 2. The van der Waals surface area contributed by atoms with E-state index >= 15 is 0 Å². The van der Waals surface area contributed by atoms with Crippen molar-refractivity contribution in [2.75, 3.05) is 60.0 Å². The highest BCUT2D eigenvalue weighted by atomic mass is 16.5. The van der Waals surface area contributed by atoms with Gasteiger partial charge in [0.2, 0.25) is 0 Å². The van der Waals surface area contributed by atoms with Crippen LogP contribution in [-0.4, -0.2) is 76.7 Å². The van der Waals surface area contributed by atoms with Crippen LogP contribution < -0.4 is 25.4 Å². The molecule has 1 aliphatic heterocycles. The summed E-state index contributed by atoms with van der Waals surface area (Å²) in [5.41, 5.74) is 0.497.